The molecule has 0 bridgehead atoms. The number of aliphatic hydroxyl groups is 1. The van der Waals surface area contributed by atoms with E-state index < -0.39 is 5.60 Å². The van der Waals surface area contributed by atoms with Crippen molar-refractivity contribution in [1.82, 2.24) is 9.97 Å². The van der Waals surface area contributed by atoms with Gasteiger partial charge in [-0.1, -0.05) is 0 Å². The molecule has 1 aromatic heterocycles. The van der Waals surface area contributed by atoms with Crippen molar-refractivity contribution >= 4 is 11.5 Å². The van der Waals surface area contributed by atoms with Gasteiger partial charge in [0.15, 0.2) is 5.82 Å². The molecule has 1 aromatic rings. The topological polar surface area (TPSA) is 103 Å². The van der Waals surface area contributed by atoms with E-state index in [-0.39, 0.29) is 6.10 Å². The number of nitrogen functional groups attached to an aromatic ring is 1. The van der Waals surface area contributed by atoms with Gasteiger partial charge < -0.3 is 25.6 Å². The molecule has 0 aromatic carbocycles. The average Bonchev–Trinajstić information content (AvgIpc) is 2.69. The molecule has 4 N–H and O–H groups in total. The van der Waals surface area contributed by atoms with Crippen LogP contribution in [0.15, 0.2) is 6.33 Å². The number of nitrogens with one attached hydrogen (secondary N) is 1. The van der Waals surface area contributed by atoms with Gasteiger partial charge in [0.25, 0.3) is 0 Å². The third-order valence-electron chi connectivity index (χ3n) is 3.26. The number of hydrogen-bond acceptors (Lipinski definition) is 7. The van der Waals surface area contributed by atoms with Crippen LogP contribution in [-0.4, -0.2) is 47.0 Å². The fraction of sp³-hybridized carbons (Fsp3) is 0.636. The minimum atomic E-state index is -0.898. The molecule has 2 atom stereocenters. The first-order valence-electron chi connectivity index (χ1n) is 5.79. The molecule has 1 saturated heterocycles. The number of nitrogens with zero attached hydrogens (tertiary/aromatic N) is 2. The summed E-state index contributed by atoms with van der Waals surface area (Å²) in [5.41, 5.74) is 5.26. The standard InChI is InChI=1S/C11H18N4O3/c1-7-11(16,3-4-18-7)5-13-9-8(12)10(17-2)15-6-14-9/h6-7,16H,3-5,12H2,1-2H3,(H,13,14,15). The maximum absolute atomic E-state index is 10.3. The van der Waals surface area contributed by atoms with E-state index in [0.29, 0.717) is 37.0 Å². The van der Waals surface area contributed by atoms with E-state index in [9.17, 15) is 5.11 Å². The molecule has 0 aliphatic carbocycles. The Balaban J connectivity index is 2.06. The number of aromatic nitrogens is 2. The van der Waals surface area contributed by atoms with E-state index in [1.54, 1.807) is 0 Å². The fourth-order valence-electron chi connectivity index (χ4n) is 1.92. The van der Waals surface area contributed by atoms with Crippen LogP contribution in [0.4, 0.5) is 11.5 Å². The zero-order chi connectivity index (χ0) is 13.2. The van der Waals surface area contributed by atoms with Crippen LogP contribution in [0.5, 0.6) is 5.88 Å². The van der Waals surface area contributed by atoms with Crippen molar-refractivity contribution in [3.05, 3.63) is 6.33 Å². The molecule has 100 valence electrons. The number of hydrogen-bond donors (Lipinski definition) is 3. The van der Waals surface area contributed by atoms with Crippen LogP contribution in [0, 0.1) is 0 Å². The van der Waals surface area contributed by atoms with Crippen molar-refractivity contribution in [1.29, 1.82) is 0 Å². The number of methoxy groups -OCH3 is 1. The largest absolute Gasteiger partial charge is 0.479 e. The van der Waals surface area contributed by atoms with Crippen LogP contribution in [-0.2, 0) is 4.74 Å². The molecular weight excluding hydrogens is 236 g/mol. The Labute approximate surface area is 105 Å². The minimum Gasteiger partial charge on any atom is -0.479 e. The van der Waals surface area contributed by atoms with Crippen molar-refractivity contribution in [3.8, 4) is 5.88 Å². The minimum absolute atomic E-state index is 0.213. The van der Waals surface area contributed by atoms with E-state index in [4.69, 9.17) is 15.2 Å². The zero-order valence-corrected chi connectivity index (χ0v) is 10.5. The van der Waals surface area contributed by atoms with Crippen molar-refractivity contribution in [3.63, 3.8) is 0 Å². The quantitative estimate of drug-likeness (QED) is 0.696. The zero-order valence-electron chi connectivity index (χ0n) is 10.5. The molecule has 2 unspecified atom stereocenters. The van der Waals surface area contributed by atoms with Gasteiger partial charge in [-0.15, -0.1) is 0 Å². The van der Waals surface area contributed by atoms with Crippen molar-refractivity contribution in [2.45, 2.75) is 25.0 Å². The molecule has 1 aliphatic heterocycles. The molecule has 0 amide bonds. The molecule has 7 nitrogen and oxygen atoms in total. The fourth-order valence-corrected chi connectivity index (χ4v) is 1.92. The lowest BCUT2D eigenvalue weighted by atomic mass is 9.97. The van der Waals surface area contributed by atoms with E-state index in [2.05, 4.69) is 15.3 Å². The smallest absolute Gasteiger partial charge is 0.242 e. The first-order valence-corrected chi connectivity index (χ1v) is 5.79. The molecule has 1 fully saturated rings. The van der Waals surface area contributed by atoms with Gasteiger partial charge in [0.2, 0.25) is 5.88 Å². The Hall–Kier alpha value is -1.60. The molecule has 1 aliphatic rings. The van der Waals surface area contributed by atoms with Gasteiger partial charge in [-0.2, -0.15) is 4.98 Å². The second kappa shape index (κ2) is 4.95. The summed E-state index contributed by atoms with van der Waals surface area (Å²) >= 11 is 0. The lowest BCUT2D eigenvalue weighted by Gasteiger charge is -2.26. The maximum Gasteiger partial charge on any atom is 0.242 e. The third kappa shape index (κ3) is 2.32. The second-order valence-corrected chi connectivity index (χ2v) is 4.37. The summed E-state index contributed by atoms with van der Waals surface area (Å²) < 4.78 is 10.4. The van der Waals surface area contributed by atoms with E-state index in [1.165, 1.54) is 13.4 Å². The van der Waals surface area contributed by atoms with Crippen molar-refractivity contribution < 1.29 is 14.6 Å². The van der Waals surface area contributed by atoms with Crippen molar-refractivity contribution in [2.75, 3.05) is 31.3 Å². The predicted octanol–water partition coefficient (Wildman–Crippen LogP) is 0.0192. The van der Waals surface area contributed by atoms with Gasteiger partial charge in [0.1, 0.15) is 17.6 Å². The summed E-state index contributed by atoms with van der Waals surface area (Å²) in [5, 5.41) is 13.3. The molecule has 0 radical (unpaired) electrons. The number of nitrogens with two attached hydrogens (primary N) is 1. The average molecular weight is 254 g/mol. The van der Waals surface area contributed by atoms with E-state index in [0.717, 1.165) is 0 Å². The molecule has 7 heteroatoms. The Morgan fingerprint density at radius 2 is 2.44 bits per heavy atom. The summed E-state index contributed by atoms with van der Waals surface area (Å²) in [4.78, 5) is 7.91. The van der Waals surface area contributed by atoms with Gasteiger partial charge in [-0.25, -0.2) is 4.98 Å². The molecule has 2 heterocycles. The van der Waals surface area contributed by atoms with Crippen LogP contribution in [0.25, 0.3) is 0 Å². The van der Waals surface area contributed by atoms with Gasteiger partial charge in [-0.3, -0.25) is 0 Å². The third-order valence-corrected chi connectivity index (χ3v) is 3.26. The Kier molecular flexibility index (Phi) is 3.53. The van der Waals surface area contributed by atoms with Crippen LogP contribution in [0.1, 0.15) is 13.3 Å². The highest BCUT2D eigenvalue weighted by Crippen LogP contribution is 2.28. The molecule has 0 saturated carbocycles. The summed E-state index contributed by atoms with van der Waals surface area (Å²) in [6.07, 6.45) is 1.73. The van der Waals surface area contributed by atoms with Crippen LogP contribution in [0.3, 0.4) is 0 Å². The lowest BCUT2D eigenvalue weighted by Crippen LogP contribution is -2.43. The van der Waals surface area contributed by atoms with Gasteiger partial charge >= 0.3 is 0 Å². The Morgan fingerprint density at radius 3 is 3.06 bits per heavy atom. The lowest BCUT2D eigenvalue weighted by molar-refractivity contribution is -0.0176. The predicted molar refractivity (Wildman–Crippen MR) is 66.5 cm³/mol. The first kappa shape index (κ1) is 12.8. The van der Waals surface area contributed by atoms with E-state index >= 15 is 0 Å². The SMILES string of the molecule is COc1ncnc(NCC2(O)CCOC2C)c1N. The highest BCUT2D eigenvalue weighted by molar-refractivity contribution is 5.66. The summed E-state index contributed by atoms with van der Waals surface area (Å²) in [7, 11) is 1.49. The highest BCUT2D eigenvalue weighted by Gasteiger charge is 2.39. The summed E-state index contributed by atoms with van der Waals surface area (Å²) in [5.74, 6) is 0.768. The monoisotopic (exact) mass is 254 g/mol. The number of rotatable bonds is 4. The Bertz CT molecular complexity index is 429. The molecule has 0 spiro atoms. The van der Waals surface area contributed by atoms with Gasteiger partial charge in [0.05, 0.1) is 13.2 Å². The van der Waals surface area contributed by atoms with Gasteiger partial charge in [0, 0.05) is 19.6 Å². The van der Waals surface area contributed by atoms with E-state index in [1.807, 2.05) is 6.92 Å². The number of anilines is 2. The van der Waals surface area contributed by atoms with Crippen LogP contribution >= 0.6 is 0 Å². The molecular formula is C11H18N4O3. The second-order valence-electron chi connectivity index (χ2n) is 4.37. The summed E-state index contributed by atoms with van der Waals surface area (Å²) in [6, 6.07) is 0. The van der Waals surface area contributed by atoms with Crippen molar-refractivity contribution in [2.24, 2.45) is 0 Å². The van der Waals surface area contributed by atoms with Crippen LogP contribution in [0.2, 0.25) is 0 Å². The van der Waals surface area contributed by atoms with Gasteiger partial charge in [-0.05, 0) is 6.92 Å². The molecule has 18 heavy (non-hydrogen) atoms. The highest BCUT2D eigenvalue weighted by atomic mass is 16.5. The first-order chi connectivity index (χ1) is 8.57. The van der Waals surface area contributed by atoms with Crippen LogP contribution < -0.4 is 15.8 Å². The molecule has 2 rings (SSSR count). The Morgan fingerprint density at radius 1 is 1.67 bits per heavy atom. The maximum atomic E-state index is 10.3. The summed E-state index contributed by atoms with van der Waals surface area (Å²) in [6.45, 7) is 2.72. The normalized spacial score (nSPS) is 27.2. The number of ether oxygens (including phenoxy) is 2.